The summed E-state index contributed by atoms with van der Waals surface area (Å²) < 4.78 is 5.56. The quantitative estimate of drug-likeness (QED) is 0.0759. The van der Waals surface area contributed by atoms with Crippen molar-refractivity contribution in [2.24, 2.45) is 11.8 Å². The van der Waals surface area contributed by atoms with Gasteiger partial charge in [-0.15, -0.1) is 0 Å². The van der Waals surface area contributed by atoms with Gasteiger partial charge >= 0.3 is 148 Å². The number of ketones is 1. The Hall–Kier alpha value is -2.33. The first-order valence-corrected chi connectivity index (χ1v) is 16.4. The molecule has 6 rings (SSSR count). The van der Waals surface area contributed by atoms with Gasteiger partial charge in [0.15, 0.2) is 5.78 Å². The molecule has 0 bridgehead atoms. The number of rotatable bonds is 7. The summed E-state index contributed by atoms with van der Waals surface area (Å²) in [5.74, 6) is 0.547. The fourth-order valence-corrected chi connectivity index (χ4v) is 9.10. The van der Waals surface area contributed by atoms with Crippen LogP contribution in [0.15, 0.2) is 72.6 Å². The summed E-state index contributed by atoms with van der Waals surface area (Å²) in [5, 5.41) is 16.2. The van der Waals surface area contributed by atoms with Crippen molar-refractivity contribution in [1.82, 2.24) is 4.98 Å². The Labute approximate surface area is 259 Å². The molecule has 1 radical (unpaired) electrons. The minimum atomic E-state index is 0. The minimum absolute atomic E-state index is 0. The molecule has 0 aliphatic rings. The van der Waals surface area contributed by atoms with Crippen LogP contribution in [0.5, 0.6) is 0 Å². The zero-order valence-corrected chi connectivity index (χ0v) is 28.2. The van der Waals surface area contributed by atoms with Gasteiger partial charge in [-0.3, -0.25) is 4.79 Å². The summed E-state index contributed by atoms with van der Waals surface area (Å²) in [7, 11) is 0. The number of fused-ring (bicyclic) bond motifs is 4. The Morgan fingerprint density at radius 2 is 1.65 bits per heavy atom. The fourth-order valence-electron chi connectivity index (χ4n) is 5.36. The molecule has 6 aromatic rings. The molecule has 0 fully saturated rings. The van der Waals surface area contributed by atoms with E-state index in [0.29, 0.717) is 14.5 Å². The van der Waals surface area contributed by atoms with Crippen LogP contribution >= 0.6 is 11.3 Å². The van der Waals surface area contributed by atoms with Crippen LogP contribution < -0.4 is 0 Å². The van der Waals surface area contributed by atoms with E-state index in [-0.39, 0.29) is 43.5 Å². The molecule has 0 unspecified atom stereocenters. The van der Waals surface area contributed by atoms with Crippen molar-refractivity contribution in [3.8, 4) is 0 Å². The van der Waals surface area contributed by atoms with Crippen LogP contribution in [0.1, 0.15) is 53.4 Å². The normalized spacial score (nSPS) is 12.0. The third-order valence-corrected chi connectivity index (χ3v) is 11.2. The maximum atomic E-state index is 11.7. The average molecular weight is 792 g/mol. The van der Waals surface area contributed by atoms with Gasteiger partial charge in [0.1, 0.15) is 0 Å². The van der Waals surface area contributed by atoms with Gasteiger partial charge in [-0.1, -0.05) is 27.7 Å². The number of nitrogens with zero attached hydrogens (tertiary/aromatic N) is 1. The molecule has 209 valence electrons. The monoisotopic (exact) mass is 793 g/mol. The van der Waals surface area contributed by atoms with E-state index in [2.05, 4.69) is 60.7 Å². The van der Waals surface area contributed by atoms with Crippen molar-refractivity contribution < 1.29 is 30.0 Å². The molecule has 0 amide bonds. The number of aliphatic hydroxyl groups is 1. The molecule has 0 spiro atoms. The number of hydrogen-bond donors (Lipinski definition) is 1. The third-order valence-electron chi connectivity index (χ3n) is 7.71. The molecule has 3 aromatic carbocycles. The number of allylic oxidation sites excluding steroid dienone is 2. The Bertz CT molecular complexity index is 1810. The molecule has 40 heavy (non-hydrogen) atoms. The molecular formula is C34H34IrNO2SSe-. The zero-order valence-electron chi connectivity index (χ0n) is 23.3. The second-order valence-corrected chi connectivity index (χ2v) is 13.3. The predicted octanol–water partition coefficient (Wildman–Crippen LogP) is 9.63. The molecule has 0 saturated carbocycles. The number of aliphatic hydroxyl groups excluding tert-OH is 1. The molecule has 6 heteroatoms. The number of benzene rings is 3. The van der Waals surface area contributed by atoms with Crippen LogP contribution in [-0.4, -0.2) is 30.4 Å². The summed E-state index contributed by atoms with van der Waals surface area (Å²) in [4.78, 5) is 16.5. The van der Waals surface area contributed by atoms with Crippen LogP contribution in [-0.2, 0) is 24.9 Å². The number of carbonyl (C=O) groups is 1. The summed E-state index contributed by atoms with van der Waals surface area (Å²) >= 11 is 2.26. The van der Waals surface area contributed by atoms with E-state index in [1.807, 2.05) is 45.2 Å². The molecule has 0 aliphatic carbocycles. The van der Waals surface area contributed by atoms with Gasteiger partial charge in [0.2, 0.25) is 0 Å². The predicted molar refractivity (Wildman–Crippen MR) is 169 cm³/mol. The third kappa shape index (κ3) is 5.84. The van der Waals surface area contributed by atoms with Crippen molar-refractivity contribution in [3.63, 3.8) is 0 Å². The first-order valence-electron chi connectivity index (χ1n) is 13.9. The molecule has 3 aromatic heterocycles. The van der Waals surface area contributed by atoms with Crippen molar-refractivity contribution in [3.05, 3.63) is 78.7 Å². The van der Waals surface area contributed by atoms with Gasteiger partial charge in [-0.25, -0.2) is 0 Å². The first-order chi connectivity index (χ1) is 19.0. The molecule has 0 saturated heterocycles. The zero-order chi connectivity index (χ0) is 27.5. The van der Waals surface area contributed by atoms with Crippen molar-refractivity contribution in [2.45, 2.75) is 53.4 Å². The molecule has 1 N–H and O–H groups in total. The van der Waals surface area contributed by atoms with Gasteiger partial charge in [0.05, 0.1) is 5.76 Å². The Morgan fingerprint density at radius 1 is 0.950 bits per heavy atom. The van der Waals surface area contributed by atoms with Crippen LogP contribution in [0.25, 0.3) is 50.4 Å². The molecule has 3 nitrogen and oxygen atoms in total. The summed E-state index contributed by atoms with van der Waals surface area (Å²) in [5.41, 5.74) is 1.10. The van der Waals surface area contributed by atoms with E-state index in [4.69, 9.17) is 4.98 Å². The van der Waals surface area contributed by atoms with E-state index in [1.54, 1.807) is 0 Å². The van der Waals surface area contributed by atoms with Gasteiger partial charge in [0.25, 0.3) is 0 Å². The second-order valence-electron chi connectivity index (χ2n) is 9.94. The molecular weight excluding hydrogens is 758 g/mol. The summed E-state index contributed by atoms with van der Waals surface area (Å²) in [6.45, 7) is 8.07. The van der Waals surface area contributed by atoms with Gasteiger partial charge in [0, 0.05) is 38.0 Å². The Kier molecular flexibility index (Phi) is 10.4. The van der Waals surface area contributed by atoms with Crippen LogP contribution in [0.2, 0.25) is 0 Å². The SMILES string of the molecule is CCC(CC)C(=O)/C=C(\O)C(CC)CC.[Ir].[c-]1cc2ccccc2c2sc3cccc4[se]c5ccnc(c12)c5c34. The number of hydrogen-bond acceptors (Lipinski definition) is 4. The van der Waals surface area contributed by atoms with E-state index in [0.717, 1.165) is 36.6 Å². The van der Waals surface area contributed by atoms with Crippen molar-refractivity contribution in [1.29, 1.82) is 0 Å². The Morgan fingerprint density at radius 3 is 2.38 bits per heavy atom. The molecule has 3 heterocycles. The second kappa shape index (κ2) is 13.6. The summed E-state index contributed by atoms with van der Waals surface area (Å²) in [6.07, 6.45) is 6.87. The van der Waals surface area contributed by atoms with Crippen molar-refractivity contribution >= 4 is 82.0 Å². The van der Waals surface area contributed by atoms with E-state index in [1.165, 1.54) is 45.5 Å². The number of carbonyl (C=O) groups excluding carboxylic acids is 1. The average Bonchev–Trinajstić information content (AvgIpc) is 3.27. The first kappa shape index (κ1) is 30.6. The number of pyridine rings is 1. The standard InChI is InChI=1S/C21H10NSSe.C13H24O2.Ir/c1-2-5-13-12(4-1)8-9-14-20-19-17(10-11-22-20)24-16-7-3-6-15(18(16)19)23-21(13)14;1-5-10(6-2)12(14)9-13(15)11(7-3)8-4;/h1-8,10-11H;9-11,14H,5-8H2,1-4H3;/q-1;;/b;12-9-;. The van der Waals surface area contributed by atoms with E-state index in [9.17, 15) is 9.90 Å². The number of aromatic nitrogens is 1. The van der Waals surface area contributed by atoms with Crippen LogP contribution in [0.4, 0.5) is 0 Å². The Balaban J connectivity index is 0.000000204. The molecule has 0 atom stereocenters. The van der Waals surface area contributed by atoms with Crippen molar-refractivity contribution in [2.75, 3.05) is 0 Å². The van der Waals surface area contributed by atoms with Gasteiger partial charge < -0.3 is 5.11 Å². The van der Waals surface area contributed by atoms with E-state index < -0.39 is 0 Å². The van der Waals surface area contributed by atoms with Crippen LogP contribution in [0, 0.1) is 17.9 Å². The van der Waals surface area contributed by atoms with Gasteiger partial charge in [-0.2, -0.15) is 0 Å². The summed E-state index contributed by atoms with van der Waals surface area (Å²) in [6, 6.07) is 23.1. The maximum absolute atomic E-state index is 11.7. The topological polar surface area (TPSA) is 50.2 Å². The fraction of sp³-hybridized carbons (Fsp3) is 0.294. The van der Waals surface area contributed by atoms with Crippen LogP contribution in [0.3, 0.4) is 0 Å². The molecule has 0 aliphatic heterocycles. The van der Waals surface area contributed by atoms with Gasteiger partial charge in [-0.05, 0) is 25.7 Å². The van der Waals surface area contributed by atoms with E-state index >= 15 is 0 Å².